The van der Waals surface area contributed by atoms with Gasteiger partial charge in [-0.1, -0.05) is 33.3 Å². The van der Waals surface area contributed by atoms with Gasteiger partial charge in [-0.2, -0.15) is 0 Å². The summed E-state index contributed by atoms with van der Waals surface area (Å²) in [6, 6.07) is 5.57. The Hall–Kier alpha value is -1.09. The second-order valence-electron chi connectivity index (χ2n) is 6.42. The molecule has 2 unspecified atom stereocenters. The molecular weight excluding hydrogens is 253 g/mol. The van der Waals surface area contributed by atoms with Gasteiger partial charge < -0.3 is 10.1 Å². The van der Waals surface area contributed by atoms with Crippen LogP contribution in [0.3, 0.4) is 0 Å². The summed E-state index contributed by atoms with van der Waals surface area (Å²) in [5.41, 5.74) is 1.34. The van der Waals surface area contributed by atoms with Gasteiger partial charge in [0, 0.05) is 6.04 Å². The van der Waals surface area contributed by atoms with Gasteiger partial charge >= 0.3 is 0 Å². The van der Waals surface area contributed by atoms with Crippen molar-refractivity contribution in [1.82, 2.24) is 5.32 Å². The summed E-state index contributed by atoms with van der Waals surface area (Å²) in [7, 11) is 1.50. The van der Waals surface area contributed by atoms with Gasteiger partial charge in [-0.3, -0.25) is 0 Å². The highest BCUT2D eigenvalue weighted by Crippen LogP contribution is 2.48. The summed E-state index contributed by atoms with van der Waals surface area (Å²) in [5.74, 6) is 0.591. The largest absolute Gasteiger partial charge is 0.494 e. The van der Waals surface area contributed by atoms with Crippen LogP contribution in [0.25, 0.3) is 0 Å². The van der Waals surface area contributed by atoms with Crippen LogP contribution < -0.4 is 10.1 Å². The van der Waals surface area contributed by atoms with Crippen LogP contribution in [-0.4, -0.2) is 13.7 Å². The van der Waals surface area contributed by atoms with Gasteiger partial charge in [0.25, 0.3) is 0 Å². The highest BCUT2D eigenvalue weighted by atomic mass is 19.1. The van der Waals surface area contributed by atoms with E-state index < -0.39 is 0 Å². The molecule has 1 aromatic rings. The Morgan fingerprint density at radius 1 is 1.45 bits per heavy atom. The first-order valence-electron chi connectivity index (χ1n) is 7.56. The first kappa shape index (κ1) is 15.3. The number of hydrogen-bond acceptors (Lipinski definition) is 2. The normalized spacial score (nSPS) is 22.8. The molecule has 1 saturated carbocycles. The number of benzene rings is 1. The molecular formula is C17H26FNO. The number of rotatable bonds is 5. The molecule has 1 aliphatic carbocycles. The smallest absolute Gasteiger partial charge is 0.165 e. The van der Waals surface area contributed by atoms with Gasteiger partial charge in [-0.25, -0.2) is 4.39 Å². The molecule has 0 bridgehead atoms. The van der Waals surface area contributed by atoms with Crippen LogP contribution in [0.1, 0.15) is 51.6 Å². The fraction of sp³-hybridized carbons (Fsp3) is 0.647. The first-order chi connectivity index (χ1) is 9.49. The standard InChI is InChI=1S/C17H26FNO/c1-5-19-16(13-7-6-10-17(13,2)3)12-8-9-15(20-4)14(18)11-12/h8-9,11,13,16,19H,5-7,10H2,1-4H3. The molecule has 0 radical (unpaired) electrons. The summed E-state index contributed by atoms with van der Waals surface area (Å²) in [6.45, 7) is 7.66. The van der Waals surface area contributed by atoms with Gasteiger partial charge in [-0.05, 0) is 48.4 Å². The van der Waals surface area contributed by atoms with Crippen molar-refractivity contribution in [2.75, 3.05) is 13.7 Å². The highest BCUT2D eigenvalue weighted by molar-refractivity contribution is 5.31. The molecule has 2 nitrogen and oxygen atoms in total. The third-order valence-corrected chi connectivity index (χ3v) is 4.70. The Morgan fingerprint density at radius 3 is 2.70 bits per heavy atom. The van der Waals surface area contributed by atoms with E-state index >= 15 is 0 Å². The first-order valence-corrected chi connectivity index (χ1v) is 7.56. The molecule has 0 heterocycles. The van der Waals surface area contributed by atoms with Crippen molar-refractivity contribution in [3.8, 4) is 5.75 Å². The van der Waals surface area contributed by atoms with Crippen molar-refractivity contribution < 1.29 is 9.13 Å². The zero-order valence-electron chi connectivity index (χ0n) is 13.0. The van der Waals surface area contributed by atoms with Crippen LogP contribution in [0.2, 0.25) is 0 Å². The van der Waals surface area contributed by atoms with Crippen LogP contribution >= 0.6 is 0 Å². The summed E-state index contributed by atoms with van der Waals surface area (Å²) in [6.07, 6.45) is 3.72. The predicted molar refractivity (Wildman–Crippen MR) is 80.5 cm³/mol. The summed E-state index contributed by atoms with van der Waals surface area (Å²) < 4.78 is 19.0. The lowest BCUT2D eigenvalue weighted by Crippen LogP contribution is -2.34. The van der Waals surface area contributed by atoms with E-state index in [2.05, 4.69) is 26.1 Å². The molecule has 1 fully saturated rings. The van der Waals surface area contributed by atoms with E-state index in [9.17, 15) is 4.39 Å². The van der Waals surface area contributed by atoms with E-state index in [0.717, 1.165) is 12.1 Å². The Kier molecular flexibility index (Phi) is 4.69. The third-order valence-electron chi connectivity index (χ3n) is 4.70. The van der Waals surface area contributed by atoms with Crippen molar-refractivity contribution in [3.63, 3.8) is 0 Å². The fourth-order valence-electron chi connectivity index (χ4n) is 3.56. The van der Waals surface area contributed by atoms with Crippen LogP contribution in [0, 0.1) is 17.2 Å². The maximum Gasteiger partial charge on any atom is 0.165 e. The topological polar surface area (TPSA) is 21.3 Å². The lowest BCUT2D eigenvalue weighted by Gasteiger charge is -2.35. The summed E-state index contributed by atoms with van der Waals surface area (Å²) >= 11 is 0. The summed E-state index contributed by atoms with van der Waals surface area (Å²) in [4.78, 5) is 0. The number of halogens is 1. The fourth-order valence-corrected chi connectivity index (χ4v) is 3.56. The van der Waals surface area contributed by atoms with Crippen molar-refractivity contribution in [2.24, 2.45) is 11.3 Å². The maximum atomic E-state index is 14.0. The number of hydrogen-bond donors (Lipinski definition) is 1. The zero-order valence-corrected chi connectivity index (χ0v) is 13.0. The SMILES string of the molecule is CCNC(c1ccc(OC)c(F)c1)C1CCCC1(C)C. The molecule has 1 N–H and O–H groups in total. The second-order valence-corrected chi connectivity index (χ2v) is 6.42. The van der Waals surface area contributed by atoms with E-state index in [4.69, 9.17) is 4.74 Å². The van der Waals surface area contributed by atoms with E-state index in [1.54, 1.807) is 12.1 Å². The molecule has 0 saturated heterocycles. The molecule has 0 aliphatic heterocycles. The van der Waals surface area contributed by atoms with E-state index in [0.29, 0.717) is 17.1 Å². The van der Waals surface area contributed by atoms with Gasteiger partial charge in [0.15, 0.2) is 11.6 Å². The van der Waals surface area contributed by atoms with E-state index in [1.807, 2.05) is 6.07 Å². The van der Waals surface area contributed by atoms with Crippen LogP contribution in [0.5, 0.6) is 5.75 Å². The molecule has 1 aromatic carbocycles. The van der Waals surface area contributed by atoms with E-state index in [1.165, 1.54) is 26.4 Å². The average Bonchev–Trinajstić information content (AvgIpc) is 2.75. The monoisotopic (exact) mass is 279 g/mol. The lowest BCUT2D eigenvalue weighted by atomic mass is 9.75. The van der Waals surface area contributed by atoms with Gasteiger partial charge in [0.2, 0.25) is 0 Å². The Balaban J connectivity index is 2.31. The number of ether oxygens (including phenoxy) is 1. The Morgan fingerprint density at radius 2 is 2.20 bits per heavy atom. The number of nitrogens with one attached hydrogen (secondary N) is 1. The van der Waals surface area contributed by atoms with Gasteiger partial charge in [0.1, 0.15) is 0 Å². The molecule has 0 spiro atoms. The van der Waals surface area contributed by atoms with Crippen LogP contribution in [-0.2, 0) is 0 Å². The quantitative estimate of drug-likeness (QED) is 0.867. The minimum atomic E-state index is -0.274. The van der Waals surface area contributed by atoms with Gasteiger partial charge in [-0.15, -0.1) is 0 Å². The average molecular weight is 279 g/mol. The predicted octanol–water partition coefficient (Wildman–Crippen LogP) is 4.31. The second kappa shape index (κ2) is 6.13. The Labute approximate surface area is 121 Å². The Bertz CT molecular complexity index is 458. The molecule has 1 aliphatic rings. The third kappa shape index (κ3) is 2.98. The molecule has 2 rings (SSSR count). The minimum Gasteiger partial charge on any atom is -0.494 e. The minimum absolute atomic E-state index is 0.220. The van der Waals surface area contributed by atoms with Crippen LogP contribution in [0.4, 0.5) is 4.39 Å². The molecule has 112 valence electrons. The van der Waals surface area contributed by atoms with Crippen LogP contribution in [0.15, 0.2) is 18.2 Å². The van der Waals surface area contributed by atoms with E-state index in [-0.39, 0.29) is 11.9 Å². The highest BCUT2D eigenvalue weighted by Gasteiger charge is 2.39. The van der Waals surface area contributed by atoms with Crippen molar-refractivity contribution >= 4 is 0 Å². The maximum absolute atomic E-state index is 14.0. The number of methoxy groups -OCH3 is 1. The van der Waals surface area contributed by atoms with Gasteiger partial charge in [0.05, 0.1) is 7.11 Å². The van der Waals surface area contributed by atoms with Crippen molar-refractivity contribution in [2.45, 2.75) is 46.1 Å². The molecule has 3 heteroatoms. The molecule has 20 heavy (non-hydrogen) atoms. The van der Waals surface area contributed by atoms with Crippen molar-refractivity contribution in [3.05, 3.63) is 29.6 Å². The zero-order chi connectivity index (χ0) is 14.8. The molecule has 0 aromatic heterocycles. The van der Waals surface area contributed by atoms with Crippen molar-refractivity contribution in [1.29, 1.82) is 0 Å². The molecule has 2 atom stereocenters. The lowest BCUT2D eigenvalue weighted by molar-refractivity contribution is 0.199. The molecule has 0 amide bonds. The summed E-state index contributed by atoms with van der Waals surface area (Å²) in [5, 5.41) is 3.55.